The van der Waals surface area contributed by atoms with Crippen LogP contribution in [0.2, 0.25) is 0 Å². The van der Waals surface area contributed by atoms with E-state index in [0.29, 0.717) is 5.82 Å². The van der Waals surface area contributed by atoms with Gasteiger partial charge >= 0.3 is 0 Å². The SMILES string of the molecule is O=[N+]([O-])c1ccc(Nc2ccc3nc(N4CCCC4)sc3c2)nc1. The van der Waals surface area contributed by atoms with Crippen molar-refractivity contribution >= 4 is 43.9 Å². The van der Waals surface area contributed by atoms with Crippen LogP contribution in [0.15, 0.2) is 36.5 Å². The van der Waals surface area contributed by atoms with Crippen molar-refractivity contribution in [2.45, 2.75) is 12.8 Å². The van der Waals surface area contributed by atoms with Gasteiger partial charge in [0.1, 0.15) is 12.0 Å². The summed E-state index contributed by atoms with van der Waals surface area (Å²) in [5.74, 6) is 0.573. The number of nitrogens with one attached hydrogen (secondary N) is 1. The van der Waals surface area contributed by atoms with E-state index in [0.717, 1.165) is 34.1 Å². The summed E-state index contributed by atoms with van der Waals surface area (Å²) in [4.78, 5) is 21.3. The molecule has 3 heterocycles. The van der Waals surface area contributed by atoms with E-state index in [9.17, 15) is 10.1 Å². The summed E-state index contributed by atoms with van der Waals surface area (Å²) < 4.78 is 1.11. The number of benzene rings is 1. The van der Waals surface area contributed by atoms with E-state index in [4.69, 9.17) is 4.98 Å². The third kappa shape index (κ3) is 2.88. The summed E-state index contributed by atoms with van der Waals surface area (Å²) in [5.41, 5.74) is 1.86. The minimum absolute atomic E-state index is 0.0197. The molecule has 1 aliphatic rings. The van der Waals surface area contributed by atoms with E-state index in [1.165, 1.54) is 25.1 Å². The highest BCUT2D eigenvalue weighted by Crippen LogP contribution is 2.33. The Hall–Kier alpha value is -2.74. The molecule has 1 aromatic carbocycles. The summed E-state index contributed by atoms with van der Waals surface area (Å²) >= 11 is 1.69. The first-order valence-corrected chi connectivity index (χ1v) is 8.54. The number of rotatable bonds is 4. The second-order valence-corrected chi connectivity index (χ2v) is 6.67. The maximum absolute atomic E-state index is 10.7. The van der Waals surface area contributed by atoms with Gasteiger partial charge in [0.05, 0.1) is 15.1 Å². The van der Waals surface area contributed by atoms with Crippen molar-refractivity contribution < 1.29 is 4.92 Å². The van der Waals surface area contributed by atoms with E-state index >= 15 is 0 Å². The van der Waals surface area contributed by atoms with Gasteiger partial charge in [-0.15, -0.1) is 0 Å². The quantitative estimate of drug-likeness (QED) is 0.571. The van der Waals surface area contributed by atoms with Gasteiger partial charge in [-0.05, 0) is 37.1 Å². The summed E-state index contributed by atoms with van der Waals surface area (Å²) in [6, 6.07) is 9.00. The van der Waals surface area contributed by atoms with Crippen LogP contribution in [0, 0.1) is 10.1 Å². The molecule has 0 atom stereocenters. The minimum Gasteiger partial charge on any atom is -0.348 e. The highest BCUT2D eigenvalue weighted by atomic mass is 32.1. The van der Waals surface area contributed by atoms with Gasteiger partial charge in [-0.2, -0.15) is 0 Å². The first kappa shape index (κ1) is 14.8. The molecule has 8 heteroatoms. The van der Waals surface area contributed by atoms with Crippen LogP contribution in [0.5, 0.6) is 0 Å². The topological polar surface area (TPSA) is 84.2 Å². The molecule has 0 radical (unpaired) electrons. The van der Waals surface area contributed by atoms with Gasteiger partial charge in [-0.3, -0.25) is 10.1 Å². The Morgan fingerprint density at radius 2 is 2.04 bits per heavy atom. The predicted octanol–water partition coefficient (Wildman–Crippen LogP) is 3.94. The van der Waals surface area contributed by atoms with Crippen LogP contribution >= 0.6 is 11.3 Å². The van der Waals surface area contributed by atoms with Gasteiger partial charge < -0.3 is 10.2 Å². The Kier molecular flexibility index (Phi) is 3.73. The van der Waals surface area contributed by atoms with Gasteiger partial charge in [0.15, 0.2) is 5.13 Å². The molecule has 1 fully saturated rings. The van der Waals surface area contributed by atoms with Crippen LogP contribution in [-0.2, 0) is 0 Å². The monoisotopic (exact) mass is 341 g/mol. The number of nitro groups is 1. The average molecular weight is 341 g/mol. The van der Waals surface area contributed by atoms with Crippen LogP contribution in [0.3, 0.4) is 0 Å². The molecule has 7 nitrogen and oxygen atoms in total. The second kappa shape index (κ2) is 6.04. The number of hydrogen-bond donors (Lipinski definition) is 1. The number of pyridine rings is 1. The average Bonchev–Trinajstić information content (AvgIpc) is 3.24. The lowest BCUT2D eigenvalue weighted by molar-refractivity contribution is -0.385. The summed E-state index contributed by atoms with van der Waals surface area (Å²) in [6.07, 6.45) is 3.71. The summed E-state index contributed by atoms with van der Waals surface area (Å²) in [5, 5.41) is 14.9. The molecule has 0 bridgehead atoms. The molecule has 122 valence electrons. The van der Waals surface area contributed by atoms with E-state index in [-0.39, 0.29) is 5.69 Å². The fourth-order valence-electron chi connectivity index (χ4n) is 2.75. The largest absolute Gasteiger partial charge is 0.348 e. The zero-order valence-electron chi connectivity index (χ0n) is 12.8. The Morgan fingerprint density at radius 1 is 1.21 bits per heavy atom. The highest BCUT2D eigenvalue weighted by molar-refractivity contribution is 7.22. The van der Waals surface area contributed by atoms with Crippen molar-refractivity contribution in [3.63, 3.8) is 0 Å². The van der Waals surface area contributed by atoms with Crippen molar-refractivity contribution in [3.8, 4) is 0 Å². The Labute approximate surface area is 142 Å². The lowest BCUT2D eigenvalue weighted by Gasteiger charge is -2.11. The lowest BCUT2D eigenvalue weighted by Crippen LogP contribution is -2.16. The molecule has 1 saturated heterocycles. The zero-order chi connectivity index (χ0) is 16.5. The molecule has 2 aromatic heterocycles. The van der Waals surface area contributed by atoms with Crippen LogP contribution < -0.4 is 10.2 Å². The molecule has 0 spiro atoms. The van der Waals surface area contributed by atoms with Gasteiger partial charge in [0.2, 0.25) is 0 Å². The molecule has 0 unspecified atom stereocenters. The van der Waals surface area contributed by atoms with Crippen molar-refractivity contribution in [3.05, 3.63) is 46.6 Å². The van der Waals surface area contributed by atoms with Gasteiger partial charge in [0.25, 0.3) is 5.69 Å². The van der Waals surface area contributed by atoms with Crippen molar-refractivity contribution in [2.75, 3.05) is 23.3 Å². The van der Waals surface area contributed by atoms with Crippen LogP contribution in [0.1, 0.15) is 12.8 Å². The Balaban J connectivity index is 1.56. The molecule has 1 aliphatic heterocycles. The number of anilines is 3. The van der Waals surface area contributed by atoms with Gasteiger partial charge in [-0.1, -0.05) is 11.3 Å². The van der Waals surface area contributed by atoms with Crippen molar-refractivity contribution in [2.24, 2.45) is 0 Å². The number of thiazole rings is 1. The van der Waals surface area contributed by atoms with E-state index in [1.807, 2.05) is 18.2 Å². The zero-order valence-corrected chi connectivity index (χ0v) is 13.6. The highest BCUT2D eigenvalue weighted by Gasteiger charge is 2.16. The first-order valence-electron chi connectivity index (χ1n) is 7.72. The van der Waals surface area contributed by atoms with Crippen LogP contribution in [0.25, 0.3) is 10.2 Å². The standard InChI is InChI=1S/C16H15N5O2S/c22-21(23)12-4-6-15(17-10-12)18-11-3-5-13-14(9-11)24-16(19-13)20-7-1-2-8-20/h3-6,9-10H,1-2,7-8H2,(H,17,18). The van der Waals surface area contributed by atoms with Gasteiger partial charge in [0, 0.05) is 24.8 Å². The maximum Gasteiger partial charge on any atom is 0.287 e. The molecule has 4 rings (SSSR count). The minimum atomic E-state index is -0.458. The van der Waals surface area contributed by atoms with E-state index in [2.05, 4.69) is 15.2 Å². The summed E-state index contributed by atoms with van der Waals surface area (Å²) in [6.45, 7) is 2.16. The van der Waals surface area contributed by atoms with E-state index < -0.39 is 4.92 Å². The molecule has 1 N–H and O–H groups in total. The molecule has 24 heavy (non-hydrogen) atoms. The fourth-order valence-corrected chi connectivity index (χ4v) is 3.81. The van der Waals surface area contributed by atoms with Crippen LogP contribution in [-0.4, -0.2) is 28.0 Å². The van der Waals surface area contributed by atoms with Crippen molar-refractivity contribution in [1.29, 1.82) is 0 Å². The third-order valence-electron chi connectivity index (χ3n) is 3.98. The molecule has 0 aliphatic carbocycles. The molecule has 3 aromatic rings. The maximum atomic E-state index is 10.7. The van der Waals surface area contributed by atoms with Crippen molar-refractivity contribution in [1.82, 2.24) is 9.97 Å². The smallest absolute Gasteiger partial charge is 0.287 e. The number of aromatic nitrogens is 2. The third-order valence-corrected chi connectivity index (χ3v) is 5.06. The van der Waals surface area contributed by atoms with Gasteiger partial charge in [-0.25, -0.2) is 9.97 Å². The van der Waals surface area contributed by atoms with E-state index in [1.54, 1.807) is 17.4 Å². The number of nitrogens with zero attached hydrogens (tertiary/aromatic N) is 4. The Morgan fingerprint density at radius 3 is 2.75 bits per heavy atom. The normalized spacial score (nSPS) is 14.2. The molecule has 0 saturated carbocycles. The fraction of sp³-hybridized carbons (Fsp3) is 0.250. The van der Waals surface area contributed by atoms with Crippen LogP contribution in [0.4, 0.5) is 22.3 Å². The molecule has 0 amide bonds. The second-order valence-electron chi connectivity index (χ2n) is 5.66. The summed E-state index contributed by atoms with van der Waals surface area (Å²) in [7, 11) is 0. The Bertz CT molecular complexity index is 887. The molecular formula is C16H15N5O2S. The molecular weight excluding hydrogens is 326 g/mol. The lowest BCUT2D eigenvalue weighted by atomic mass is 10.3. The number of fused-ring (bicyclic) bond motifs is 1. The number of hydrogen-bond acceptors (Lipinski definition) is 7. The first-order chi connectivity index (χ1) is 11.7. The predicted molar refractivity (Wildman–Crippen MR) is 95.2 cm³/mol.